The summed E-state index contributed by atoms with van der Waals surface area (Å²) >= 11 is 6.33. The van der Waals surface area contributed by atoms with Gasteiger partial charge in [-0.3, -0.25) is 10.1 Å². The van der Waals surface area contributed by atoms with Crippen molar-refractivity contribution in [3.05, 3.63) is 66.8 Å². The summed E-state index contributed by atoms with van der Waals surface area (Å²) in [5.74, 6) is -0.290. The summed E-state index contributed by atoms with van der Waals surface area (Å²) in [7, 11) is 0. The Kier molecular flexibility index (Phi) is 4.72. The van der Waals surface area contributed by atoms with Gasteiger partial charge in [-0.1, -0.05) is 18.2 Å². The summed E-state index contributed by atoms with van der Waals surface area (Å²) in [5.41, 5.74) is 0.418. The number of nitro groups is 1. The average molecular weight is 405 g/mol. The van der Waals surface area contributed by atoms with E-state index in [4.69, 9.17) is 4.74 Å². The van der Waals surface area contributed by atoms with Crippen molar-refractivity contribution in [3.8, 4) is 5.75 Å². The van der Waals surface area contributed by atoms with Crippen LogP contribution in [0.5, 0.6) is 5.75 Å². The van der Waals surface area contributed by atoms with Crippen molar-refractivity contribution < 1.29 is 14.1 Å². The van der Waals surface area contributed by atoms with Gasteiger partial charge in [-0.05, 0) is 44.0 Å². The minimum Gasteiger partial charge on any atom is -0.481 e. The molecule has 0 atom stereocenters. The van der Waals surface area contributed by atoms with E-state index >= 15 is 0 Å². The molecule has 0 bridgehead atoms. The van der Waals surface area contributed by atoms with Gasteiger partial charge < -0.3 is 4.74 Å². The van der Waals surface area contributed by atoms with Crippen molar-refractivity contribution in [1.82, 2.24) is 0 Å². The van der Waals surface area contributed by atoms with E-state index in [1.165, 1.54) is 12.1 Å². The first-order chi connectivity index (χ1) is 9.50. The third kappa shape index (κ3) is 3.16. The fraction of sp³-hybridized carbons (Fsp3) is 0.0769. The maximum atomic E-state index is 13.4. The molecule has 0 saturated carbocycles. The number of ether oxygens (including phenoxy) is 1. The zero-order valence-corrected chi connectivity index (χ0v) is 13.1. The second-order valence-electron chi connectivity index (χ2n) is 3.85. The number of hydrogen-bond acceptors (Lipinski definition) is 3. The smallest absolute Gasteiger partial charge is 0.312 e. The molecule has 0 aliphatic heterocycles. The molecule has 20 heavy (non-hydrogen) atoms. The number of nitrogens with zero attached hydrogens (tertiary/aromatic N) is 1. The minimum absolute atomic E-state index is 0.0157. The van der Waals surface area contributed by atoms with Crippen LogP contribution in [0.15, 0.2) is 45.3 Å². The van der Waals surface area contributed by atoms with E-state index in [2.05, 4.69) is 31.9 Å². The van der Waals surface area contributed by atoms with E-state index in [1.54, 1.807) is 24.3 Å². The van der Waals surface area contributed by atoms with E-state index in [0.29, 0.717) is 10.0 Å². The molecule has 2 aromatic carbocycles. The molecule has 0 amide bonds. The normalized spacial score (nSPS) is 10.3. The van der Waals surface area contributed by atoms with Gasteiger partial charge in [-0.2, -0.15) is 0 Å². The number of nitro benzene ring substituents is 1. The van der Waals surface area contributed by atoms with E-state index in [-0.39, 0.29) is 22.5 Å². The molecule has 0 aromatic heterocycles. The van der Waals surface area contributed by atoms with Gasteiger partial charge >= 0.3 is 5.69 Å². The number of benzene rings is 2. The lowest BCUT2D eigenvalue weighted by Gasteiger charge is -2.10. The highest BCUT2D eigenvalue weighted by Gasteiger charge is 2.18. The van der Waals surface area contributed by atoms with Crippen LogP contribution in [0.25, 0.3) is 0 Å². The summed E-state index contributed by atoms with van der Waals surface area (Å²) < 4.78 is 19.6. The molecule has 0 fully saturated rings. The first-order valence-electron chi connectivity index (χ1n) is 5.49. The van der Waals surface area contributed by atoms with E-state index in [1.807, 2.05) is 0 Å². The Morgan fingerprint density at radius 2 is 1.90 bits per heavy atom. The average Bonchev–Trinajstić information content (AvgIpc) is 2.41. The van der Waals surface area contributed by atoms with Crippen molar-refractivity contribution in [2.24, 2.45) is 0 Å². The van der Waals surface area contributed by atoms with E-state index < -0.39 is 10.7 Å². The molecule has 0 aliphatic rings. The molecular formula is C13H8Br2FNO3. The highest BCUT2D eigenvalue weighted by atomic mass is 79.9. The van der Waals surface area contributed by atoms with Crippen LogP contribution in [0.3, 0.4) is 0 Å². The van der Waals surface area contributed by atoms with Crippen LogP contribution in [-0.4, -0.2) is 4.92 Å². The first kappa shape index (κ1) is 14.9. The molecule has 0 spiro atoms. The van der Waals surface area contributed by atoms with Crippen molar-refractivity contribution >= 4 is 37.5 Å². The first-order valence-corrected chi connectivity index (χ1v) is 7.08. The predicted octanol–water partition coefficient (Wildman–Crippen LogP) is 4.84. The van der Waals surface area contributed by atoms with Crippen molar-refractivity contribution in [2.75, 3.05) is 0 Å². The van der Waals surface area contributed by atoms with Gasteiger partial charge in [0, 0.05) is 11.6 Å². The Bertz CT molecular complexity index is 664. The van der Waals surface area contributed by atoms with Gasteiger partial charge in [-0.15, -0.1) is 0 Å². The molecule has 0 radical (unpaired) electrons. The lowest BCUT2D eigenvalue weighted by atomic mass is 10.2. The third-order valence-electron chi connectivity index (χ3n) is 2.55. The number of hydrogen-bond donors (Lipinski definition) is 0. The molecule has 2 rings (SSSR count). The number of para-hydroxylation sites is 1. The zero-order chi connectivity index (χ0) is 14.7. The van der Waals surface area contributed by atoms with Crippen molar-refractivity contribution in [2.45, 2.75) is 6.61 Å². The maximum absolute atomic E-state index is 13.4. The van der Waals surface area contributed by atoms with Gasteiger partial charge in [-0.25, -0.2) is 4.39 Å². The molecule has 2 aromatic rings. The van der Waals surface area contributed by atoms with Gasteiger partial charge in [0.1, 0.15) is 12.4 Å². The number of rotatable bonds is 4. The van der Waals surface area contributed by atoms with Crippen LogP contribution in [-0.2, 0) is 6.61 Å². The standard InChI is InChI=1S/C13H8Br2FNO3/c14-9-4-2-6-11(17(18)19)13(9)20-7-8-3-1-5-10(16)12(8)15/h1-6H,7H2. The maximum Gasteiger partial charge on any atom is 0.312 e. The second-order valence-corrected chi connectivity index (χ2v) is 5.49. The zero-order valence-electron chi connectivity index (χ0n) is 9.98. The van der Waals surface area contributed by atoms with E-state index in [0.717, 1.165) is 0 Å². The van der Waals surface area contributed by atoms with E-state index in [9.17, 15) is 14.5 Å². The Morgan fingerprint density at radius 1 is 1.20 bits per heavy atom. The number of halogens is 3. The summed E-state index contributed by atoms with van der Waals surface area (Å²) in [6.45, 7) is 0.0157. The Hall–Kier alpha value is -1.47. The Balaban J connectivity index is 2.27. The lowest BCUT2D eigenvalue weighted by molar-refractivity contribution is -0.386. The summed E-state index contributed by atoms with van der Waals surface area (Å²) in [6, 6.07) is 9.08. The van der Waals surface area contributed by atoms with Crippen LogP contribution in [0.2, 0.25) is 0 Å². The highest BCUT2D eigenvalue weighted by Crippen LogP contribution is 2.35. The molecule has 104 valence electrons. The monoisotopic (exact) mass is 403 g/mol. The Labute approximate surface area is 131 Å². The molecule has 0 N–H and O–H groups in total. The fourth-order valence-electron chi connectivity index (χ4n) is 1.59. The van der Waals surface area contributed by atoms with Gasteiger partial charge in [0.2, 0.25) is 5.75 Å². The SMILES string of the molecule is O=[N+]([O-])c1cccc(Br)c1OCc1cccc(F)c1Br. The summed E-state index contributed by atoms with van der Waals surface area (Å²) in [4.78, 5) is 10.4. The quantitative estimate of drug-likeness (QED) is 0.541. The lowest BCUT2D eigenvalue weighted by Crippen LogP contribution is -2.01. The summed E-state index contributed by atoms with van der Waals surface area (Å²) in [6.07, 6.45) is 0. The fourth-order valence-corrected chi connectivity index (χ4v) is 2.44. The van der Waals surface area contributed by atoms with Crippen LogP contribution in [0.1, 0.15) is 5.56 Å². The minimum atomic E-state index is -0.527. The molecular weight excluding hydrogens is 397 g/mol. The topological polar surface area (TPSA) is 52.4 Å². The van der Waals surface area contributed by atoms with Crippen molar-refractivity contribution in [1.29, 1.82) is 0 Å². The molecule has 4 nitrogen and oxygen atoms in total. The molecule has 0 saturated heterocycles. The van der Waals surface area contributed by atoms with Crippen LogP contribution >= 0.6 is 31.9 Å². The summed E-state index contributed by atoms with van der Waals surface area (Å²) in [5, 5.41) is 10.9. The van der Waals surface area contributed by atoms with Crippen LogP contribution in [0, 0.1) is 15.9 Å². The predicted molar refractivity (Wildman–Crippen MR) is 79.2 cm³/mol. The van der Waals surface area contributed by atoms with Gasteiger partial charge in [0.25, 0.3) is 0 Å². The largest absolute Gasteiger partial charge is 0.481 e. The Morgan fingerprint density at radius 3 is 2.60 bits per heavy atom. The molecule has 7 heteroatoms. The second kappa shape index (κ2) is 6.32. The highest BCUT2D eigenvalue weighted by molar-refractivity contribution is 9.10. The van der Waals surface area contributed by atoms with Crippen LogP contribution in [0.4, 0.5) is 10.1 Å². The molecule has 0 heterocycles. The molecule has 0 aliphatic carbocycles. The van der Waals surface area contributed by atoms with Gasteiger partial charge in [0.15, 0.2) is 0 Å². The van der Waals surface area contributed by atoms with Gasteiger partial charge in [0.05, 0.1) is 13.9 Å². The van der Waals surface area contributed by atoms with Crippen molar-refractivity contribution in [3.63, 3.8) is 0 Å². The third-order valence-corrected chi connectivity index (χ3v) is 4.06. The van der Waals surface area contributed by atoms with Crippen LogP contribution < -0.4 is 4.74 Å². The molecule has 0 unspecified atom stereocenters.